The van der Waals surface area contributed by atoms with Gasteiger partial charge in [0.05, 0.1) is 5.69 Å². The Morgan fingerprint density at radius 2 is 1.90 bits per heavy atom. The molecule has 3 nitrogen and oxygen atoms in total. The van der Waals surface area contributed by atoms with Crippen molar-refractivity contribution < 1.29 is 8.78 Å². The van der Waals surface area contributed by atoms with E-state index >= 15 is 0 Å². The van der Waals surface area contributed by atoms with Crippen molar-refractivity contribution in [3.05, 3.63) is 52.9 Å². The van der Waals surface area contributed by atoms with Crippen LogP contribution in [0.15, 0.2) is 24.3 Å². The van der Waals surface area contributed by atoms with E-state index in [0.29, 0.717) is 13.0 Å². The second kappa shape index (κ2) is 6.13. The Kier molecular flexibility index (Phi) is 4.49. The summed E-state index contributed by atoms with van der Waals surface area (Å²) in [6.45, 7) is 4.70. The number of hydrogen-bond acceptors (Lipinski definition) is 2. The van der Waals surface area contributed by atoms with Gasteiger partial charge in [-0.1, -0.05) is 13.0 Å². The number of aryl methyl sites for hydroxylation is 2. The third-order valence-corrected chi connectivity index (χ3v) is 3.38. The SMILES string of the molecule is CCc1cc(CC(N)c2c(F)cccc2F)n(CC)n1. The Balaban J connectivity index is 2.27. The summed E-state index contributed by atoms with van der Waals surface area (Å²) in [5.41, 5.74) is 7.78. The standard InChI is InChI=1S/C15H19F2N3/c1-3-10-8-11(20(4-2)19-10)9-14(18)15-12(16)6-5-7-13(15)17/h5-8,14H,3-4,9,18H2,1-2H3. The van der Waals surface area contributed by atoms with Crippen molar-refractivity contribution in [2.24, 2.45) is 5.73 Å². The summed E-state index contributed by atoms with van der Waals surface area (Å²) in [6.07, 6.45) is 1.18. The second-order valence-electron chi connectivity index (χ2n) is 4.74. The fraction of sp³-hybridized carbons (Fsp3) is 0.400. The van der Waals surface area contributed by atoms with Gasteiger partial charge in [-0.15, -0.1) is 0 Å². The van der Waals surface area contributed by atoms with E-state index in [-0.39, 0.29) is 5.56 Å². The predicted molar refractivity (Wildman–Crippen MR) is 74.3 cm³/mol. The van der Waals surface area contributed by atoms with Gasteiger partial charge in [0.1, 0.15) is 11.6 Å². The summed E-state index contributed by atoms with van der Waals surface area (Å²) in [5.74, 6) is -1.20. The van der Waals surface area contributed by atoms with Crippen molar-refractivity contribution in [1.29, 1.82) is 0 Å². The van der Waals surface area contributed by atoms with Crippen LogP contribution in [0.5, 0.6) is 0 Å². The van der Waals surface area contributed by atoms with Gasteiger partial charge in [0.2, 0.25) is 0 Å². The van der Waals surface area contributed by atoms with Crippen molar-refractivity contribution in [3.8, 4) is 0 Å². The van der Waals surface area contributed by atoms with Crippen LogP contribution in [0, 0.1) is 11.6 Å². The van der Waals surface area contributed by atoms with Crippen LogP contribution in [0.2, 0.25) is 0 Å². The first-order valence-corrected chi connectivity index (χ1v) is 6.81. The minimum Gasteiger partial charge on any atom is -0.323 e. The van der Waals surface area contributed by atoms with Gasteiger partial charge in [0.15, 0.2) is 0 Å². The minimum atomic E-state index is -0.720. The van der Waals surface area contributed by atoms with Crippen LogP contribution in [-0.4, -0.2) is 9.78 Å². The molecule has 0 saturated carbocycles. The molecule has 1 unspecified atom stereocenters. The Morgan fingerprint density at radius 1 is 1.25 bits per heavy atom. The van der Waals surface area contributed by atoms with Gasteiger partial charge >= 0.3 is 0 Å². The van der Waals surface area contributed by atoms with Gasteiger partial charge in [-0.25, -0.2) is 8.78 Å². The van der Waals surface area contributed by atoms with E-state index in [0.717, 1.165) is 17.8 Å². The highest BCUT2D eigenvalue weighted by molar-refractivity contribution is 5.25. The maximum atomic E-state index is 13.7. The monoisotopic (exact) mass is 279 g/mol. The lowest BCUT2D eigenvalue weighted by Crippen LogP contribution is -2.19. The third-order valence-electron chi connectivity index (χ3n) is 3.38. The van der Waals surface area contributed by atoms with E-state index in [1.54, 1.807) is 0 Å². The highest BCUT2D eigenvalue weighted by Gasteiger charge is 2.19. The molecular formula is C15H19F2N3. The van der Waals surface area contributed by atoms with E-state index in [9.17, 15) is 8.78 Å². The molecule has 20 heavy (non-hydrogen) atoms. The molecule has 5 heteroatoms. The molecule has 1 aromatic heterocycles. The lowest BCUT2D eigenvalue weighted by Gasteiger charge is -2.14. The molecule has 0 spiro atoms. The maximum absolute atomic E-state index is 13.7. The van der Waals surface area contributed by atoms with E-state index in [2.05, 4.69) is 5.10 Å². The number of benzene rings is 1. The average molecular weight is 279 g/mol. The highest BCUT2D eigenvalue weighted by atomic mass is 19.1. The number of halogens is 2. The van der Waals surface area contributed by atoms with E-state index < -0.39 is 17.7 Å². The summed E-state index contributed by atoms with van der Waals surface area (Å²) in [6, 6.07) is 5.02. The summed E-state index contributed by atoms with van der Waals surface area (Å²) in [7, 11) is 0. The van der Waals surface area contributed by atoms with Gasteiger partial charge in [-0.2, -0.15) is 5.10 Å². The van der Waals surface area contributed by atoms with E-state index in [1.807, 2.05) is 24.6 Å². The molecule has 108 valence electrons. The zero-order valence-corrected chi connectivity index (χ0v) is 11.7. The van der Waals surface area contributed by atoms with Crippen LogP contribution in [0.4, 0.5) is 8.78 Å². The zero-order valence-electron chi connectivity index (χ0n) is 11.7. The summed E-state index contributed by atoms with van der Waals surface area (Å²) in [5, 5.41) is 4.41. The van der Waals surface area contributed by atoms with Crippen LogP contribution < -0.4 is 5.73 Å². The van der Waals surface area contributed by atoms with Crippen LogP contribution in [-0.2, 0) is 19.4 Å². The maximum Gasteiger partial charge on any atom is 0.130 e. The topological polar surface area (TPSA) is 43.8 Å². The smallest absolute Gasteiger partial charge is 0.130 e. The summed E-state index contributed by atoms with van der Waals surface area (Å²) in [4.78, 5) is 0. The fourth-order valence-electron chi connectivity index (χ4n) is 2.32. The molecule has 1 heterocycles. The quantitative estimate of drug-likeness (QED) is 0.914. The number of nitrogens with two attached hydrogens (primary N) is 1. The van der Waals surface area contributed by atoms with Crippen molar-refractivity contribution >= 4 is 0 Å². The lowest BCUT2D eigenvalue weighted by atomic mass is 10.0. The van der Waals surface area contributed by atoms with Crippen molar-refractivity contribution in [2.45, 2.75) is 39.3 Å². The Hall–Kier alpha value is -1.75. The van der Waals surface area contributed by atoms with Gasteiger partial charge in [-0.3, -0.25) is 4.68 Å². The average Bonchev–Trinajstić information content (AvgIpc) is 2.80. The molecule has 1 aromatic carbocycles. The minimum absolute atomic E-state index is 0.0607. The first kappa shape index (κ1) is 14.7. The van der Waals surface area contributed by atoms with Gasteiger partial charge in [-0.05, 0) is 31.5 Å². The van der Waals surface area contributed by atoms with Crippen LogP contribution in [0.3, 0.4) is 0 Å². The van der Waals surface area contributed by atoms with Crippen LogP contribution in [0.1, 0.15) is 36.8 Å². The predicted octanol–water partition coefficient (Wildman–Crippen LogP) is 2.99. The van der Waals surface area contributed by atoms with E-state index in [1.165, 1.54) is 18.2 Å². The van der Waals surface area contributed by atoms with Gasteiger partial charge < -0.3 is 5.73 Å². The molecule has 0 aliphatic heterocycles. The normalized spacial score (nSPS) is 12.7. The Bertz CT molecular complexity index is 573. The number of aromatic nitrogens is 2. The second-order valence-corrected chi connectivity index (χ2v) is 4.74. The molecule has 2 rings (SSSR count). The first-order chi connectivity index (χ1) is 9.56. The molecule has 1 atom stereocenters. The molecule has 2 N–H and O–H groups in total. The molecule has 0 fully saturated rings. The van der Waals surface area contributed by atoms with Gasteiger partial charge in [0.25, 0.3) is 0 Å². The fourth-order valence-corrected chi connectivity index (χ4v) is 2.32. The molecule has 0 saturated heterocycles. The first-order valence-electron chi connectivity index (χ1n) is 6.81. The number of hydrogen-bond donors (Lipinski definition) is 1. The van der Waals surface area contributed by atoms with Crippen molar-refractivity contribution in [2.75, 3.05) is 0 Å². The molecule has 0 amide bonds. The molecule has 0 aliphatic carbocycles. The van der Waals surface area contributed by atoms with E-state index in [4.69, 9.17) is 5.73 Å². The largest absolute Gasteiger partial charge is 0.323 e. The molecule has 2 aromatic rings. The summed E-state index contributed by atoms with van der Waals surface area (Å²) >= 11 is 0. The molecule has 0 radical (unpaired) electrons. The zero-order chi connectivity index (χ0) is 14.7. The molecular weight excluding hydrogens is 260 g/mol. The molecule has 0 bridgehead atoms. The highest BCUT2D eigenvalue weighted by Crippen LogP contribution is 2.22. The lowest BCUT2D eigenvalue weighted by molar-refractivity contribution is 0.513. The molecule has 0 aliphatic rings. The van der Waals surface area contributed by atoms with Crippen LogP contribution in [0.25, 0.3) is 0 Å². The van der Waals surface area contributed by atoms with Gasteiger partial charge in [0, 0.05) is 30.3 Å². The Morgan fingerprint density at radius 3 is 2.45 bits per heavy atom. The number of nitrogens with zero attached hydrogens (tertiary/aromatic N) is 2. The summed E-state index contributed by atoms with van der Waals surface area (Å²) < 4.78 is 29.3. The Labute approximate surface area is 117 Å². The van der Waals surface area contributed by atoms with Crippen molar-refractivity contribution in [3.63, 3.8) is 0 Å². The third kappa shape index (κ3) is 2.88. The van der Waals surface area contributed by atoms with Crippen molar-refractivity contribution in [1.82, 2.24) is 9.78 Å². The number of rotatable bonds is 5. The van der Waals surface area contributed by atoms with Crippen LogP contribution >= 0.6 is 0 Å².